The Hall–Kier alpha value is -1.95. The van der Waals surface area contributed by atoms with Crippen LogP contribution in [0, 0.1) is 13.8 Å². The molecule has 0 aliphatic rings. The predicted octanol–water partition coefficient (Wildman–Crippen LogP) is 3.36. The number of aryl methyl sites for hydroxylation is 2. The van der Waals surface area contributed by atoms with Gasteiger partial charge in [-0.3, -0.25) is 9.69 Å². The van der Waals surface area contributed by atoms with Crippen molar-refractivity contribution in [3.8, 4) is 0 Å². The lowest BCUT2D eigenvalue weighted by Crippen LogP contribution is -3.06. The number of nitrogens with zero attached hydrogens (tertiary/aromatic N) is 2. The first-order chi connectivity index (χ1) is 12.4. The van der Waals surface area contributed by atoms with E-state index < -0.39 is 0 Å². The van der Waals surface area contributed by atoms with Crippen LogP contribution < -0.4 is 9.80 Å². The van der Waals surface area contributed by atoms with Crippen molar-refractivity contribution < 1.29 is 9.69 Å². The number of hydrogen-bond donors (Lipinski definition) is 1. The van der Waals surface area contributed by atoms with Gasteiger partial charge in [0.15, 0.2) is 5.13 Å². The summed E-state index contributed by atoms with van der Waals surface area (Å²) in [6.07, 6.45) is 0. The Morgan fingerprint density at radius 1 is 1.23 bits per heavy atom. The van der Waals surface area contributed by atoms with Gasteiger partial charge in [-0.1, -0.05) is 41.1 Å². The van der Waals surface area contributed by atoms with Crippen LogP contribution in [0.3, 0.4) is 0 Å². The minimum Gasteiger partial charge on any atom is -0.338 e. The SMILES string of the molecule is Cc1cc(C)c2sc(N(CC[NH+](C)C)C(=O)c3ccccc3Cl)nc2c1. The van der Waals surface area contributed by atoms with E-state index in [1.54, 1.807) is 28.4 Å². The Morgan fingerprint density at radius 3 is 2.65 bits per heavy atom. The van der Waals surface area contributed by atoms with Gasteiger partial charge in [-0.25, -0.2) is 4.98 Å². The zero-order valence-corrected chi connectivity index (χ0v) is 17.0. The van der Waals surface area contributed by atoms with E-state index in [2.05, 4.69) is 40.1 Å². The fourth-order valence-electron chi connectivity index (χ4n) is 2.88. The number of fused-ring (bicyclic) bond motifs is 1. The highest BCUT2D eigenvalue weighted by molar-refractivity contribution is 7.22. The molecular weight excluding hydrogens is 366 g/mol. The topological polar surface area (TPSA) is 37.6 Å². The van der Waals surface area contributed by atoms with Gasteiger partial charge in [-0.15, -0.1) is 0 Å². The van der Waals surface area contributed by atoms with Crippen LogP contribution in [0.5, 0.6) is 0 Å². The van der Waals surface area contributed by atoms with E-state index in [0.29, 0.717) is 17.1 Å². The van der Waals surface area contributed by atoms with Crippen LogP contribution in [0.2, 0.25) is 5.02 Å². The van der Waals surface area contributed by atoms with Crippen molar-refractivity contribution >= 4 is 44.2 Å². The van der Waals surface area contributed by atoms with E-state index in [1.807, 2.05) is 12.1 Å². The maximum atomic E-state index is 13.2. The highest BCUT2D eigenvalue weighted by atomic mass is 35.5. The summed E-state index contributed by atoms with van der Waals surface area (Å²) >= 11 is 7.83. The molecule has 1 amide bonds. The smallest absolute Gasteiger partial charge is 0.261 e. The van der Waals surface area contributed by atoms with E-state index in [1.165, 1.54) is 16.0 Å². The standard InChI is InChI=1S/C20H22ClN3OS/c1-13-11-14(2)18-17(12-13)22-20(26-18)24(10-9-23(3)4)19(25)15-7-5-6-8-16(15)21/h5-8,11-12H,9-10H2,1-4H3/p+1. The molecule has 136 valence electrons. The molecule has 1 aromatic heterocycles. The summed E-state index contributed by atoms with van der Waals surface area (Å²) < 4.78 is 1.12. The normalized spacial score (nSPS) is 11.3. The minimum atomic E-state index is -0.106. The molecule has 0 radical (unpaired) electrons. The number of carbonyl (C=O) groups excluding carboxylic acids is 1. The Labute approximate surface area is 163 Å². The van der Waals surface area contributed by atoms with Crippen LogP contribution in [0.1, 0.15) is 21.5 Å². The molecule has 1 N–H and O–H groups in total. The van der Waals surface area contributed by atoms with Gasteiger partial charge in [0.1, 0.15) is 0 Å². The molecule has 6 heteroatoms. The Morgan fingerprint density at radius 2 is 1.96 bits per heavy atom. The highest BCUT2D eigenvalue weighted by Gasteiger charge is 2.24. The lowest BCUT2D eigenvalue weighted by molar-refractivity contribution is -0.856. The zero-order valence-electron chi connectivity index (χ0n) is 15.5. The van der Waals surface area contributed by atoms with E-state index in [4.69, 9.17) is 16.6 Å². The van der Waals surface area contributed by atoms with Crippen molar-refractivity contribution in [3.05, 3.63) is 58.1 Å². The molecule has 1 heterocycles. The van der Waals surface area contributed by atoms with E-state index in [0.717, 1.165) is 21.9 Å². The average molecular weight is 389 g/mol. The number of anilines is 1. The molecule has 0 saturated carbocycles. The molecule has 0 unspecified atom stereocenters. The fraction of sp³-hybridized carbons (Fsp3) is 0.300. The van der Waals surface area contributed by atoms with Gasteiger partial charge in [0.05, 0.1) is 48.0 Å². The molecule has 0 aliphatic carbocycles. The Balaban J connectivity index is 2.05. The van der Waals surface area contributed by atoms with Gasteiger partial charge in [0, 0.05) is 0 Å². The second-order valence-electron chi connectivity index (χ2n) is 6.82. The van der Waals surface area contributed by atoms with Gasteiger partial charge >= 0.3 is 0 Å². The number of thiazole rings is 1. The van der Waals surface area contributed by atoms with Crippen molar-refractivity contribution in [3.63, 3.8) is 0 Å². The lowest BCUT2D eigenvalue weighted by Gasteiger charge is -2.21. The van der Waals surface area contributed by atoms with Crippen molar-refractivity contribution in [1.29, 1.82) is 0 Å². The molecule has 2 aromatic carbocycles. The van der Waals surface area contributed by atoms with Crippen LogP contribution in [0.4, 0.5) is 5.13 Å². The maximum absolute atomic E-state index is 13.2. The summed E-state index contributed by atoms with van der Waals surface area (Å²) in [6.45, 7) is 5.56. The van der Waals surface area contributed by atoms with Gasteiger partial charge in [-0.05, 0) is 43.2 Å². The summed E-state index contributed by atoms with van der Waals surface area (Å²) in [5.74, 6) is -0.106. The number of nitrogens with one attached hydrogen (secondary N) is 1. The quantitative estimate of drug-likeness (QED) is 0.727. The first-order valence-electron chi connectivity index (χ1n) is 8.60. The van der Waals surface area contributed by atoms with Crippen LogP contribution in [0.25, 0.3) is 10.2 Å². The molecule has 26 heavy (non-hydrogen) atoms. The molecule has 4 nitrogen and oxygen atoms in total. The maximum Gasteiger partial charge on any atom is 0.261 e. The van der Waals surface area contributed by atoms with Crippen molar-refractivity contribution in [2.75, 3.05) is 32.1 Å². The number of quaternary nitrogens is 1. The summed E-state index contributed by atoms with van der Waals surface area (Å²) in [5.41, 5.74) is 3.81. The minimum absolute atomic E-state index is 0.106. The number of hydrogen-bond acceptors (Lipinski definition) is 3. The summed E-state index contributed by atoms with van der Waals surface area (Å²) in [6, 6.07) is 11.4. The molecule has 0 spiro atoms. The number of halogens is 1. The Kier molecular flexibility index (Phi) is 5.61. The number of amides is 1. The first-order valence-corrected chi connectivity index (χ1v) is 9.79. The fourth-order valence-corrected chi connectivity index (χ4v) is 4.14. The third-order valence-corrected chi connectivity index (χ3v) is 5.78. The second kappa shape index (κ2) is 7.74. The zero-order chi connectivity index (χ0) is 18.8. The van der Waals surface area contributed by atoms with Crippen LogP contribution >= 0.6 is 22.9 Å². The monoisotopic (exact) mass is 388 g/mol. The third kappa shape index (κ3) is 3.90. The van der Waals surface area contributed by atoms with Gasteiger partial charge in [-0.2, -0.15) is 0 Å². The number of rotatable bonds is 5. The van der Waals surface area contributed by atoms with E-state index >= 15 is 0 Å². The van der Waals surface area contributed by atoms with Crippen molar-refractivity contribution in [2.45, 2.75) is 13.8 Å². The molecule has 3 rings (SSSR count). The lowest BCUT2D eigenvalue weighted by atomic mass is 10.1. The second-order valence-corrected chi connectivity index (χ2v) is 8.20. The molecule has 0 bridgehead atoms. The summed E-state index contributed by atoms with van der Waals surface area (Å²) in [5, 5.41) is 1.19. The molecule has 0 aliphatic heterocycles. The molecule has 3 aromatic rings. The van der Waals surface area contributed by atoms with E-state index in [-0.39, 0.29) is 5.91 Å². The predicted molar refractivity (Wildman–Crippen MR) is 110 cm³/mol. The molecule has 0 saturated heterocycles. The Bertz CT molecular complexity index is 951. The van der Waals surface area contributed by atoms with Crippen molar-refractivity contribution in [1.82, 2.24) is 4.98 Å². The molecule has 0 fully saturated rings. The van der Waals surface area contributed by atoms with Crippen LogP contribution in [-0.2, 0) is 0 Å². The largest absolute Gasteiger partial charge is 0.338 e. The van der Waals surface area contributed by atoms with Gasteiger partial charge < -0.3 is 4.90 Å². The first kappa shape index (κ1) is 18.8. The molecular formula is C20H23ClN3OS+. The van der Waals surface area contributed by atoms with E-state index in [9.17, 15) is 4.79 Å². The van der Waals surface area contributed by atoms with Crippen LogP contribution in [-0.4, -0.2) is 38.1 Å². The average Bonchev–Trinajstić information content (AvgIpc) is 2.99. The van der Waals surface area contributed by atoms with Crippen molar-refractivity contribution in [2.24, 2.45) is 0 Å². The van der Waals surface area contributed by atoms with Gasteiger partial charge in [0.25, 0.3) is 5.91 Å². The number of benzene rings is 2. The van der Waals surface area contributed by atoms with Crippen LogP contribution in [0.15, 0.2) is 36.4 Å². The molecule has 0 atom stereocenters. The number of likely N-dealkylation sites (N-methyl/N-ethyl adjacent to an activating group) is 1. The van der Waals surface area contributed by atoms with Gasteiger partial charge in [0.2, 0.25) is 0 Å². The summed E-state index contributed by atoms with van der Waals surface area (Å²) in [4.78, 5) is 21.0. The third-order valence-electron chi connectivity index (χ3n) is 4.22. The number of carbonyl (C=O) groups is 1. The number of aromatic nitrogens is 1. The highest BCUT2D eigenvalue weighted by Crippen LogP contribution is 2.33. The summed E-state index contributed by atoms with van der Waals surface area (Å²) in [7, 11) is 4.15.